The van der Waals surface area contributed by atoms with Crippen LogP contribution in [0.2, 0.25) is 0 Å². The predicted octanol–water partition coefficient (Wildman–Crippen LogP) is 4.32. The molecular weight excluding hydrogens is 306 g/mol. The molecule has 0 bridgehead atoms. The second-order valence-corrected chi connectivity index (χ2v) is 4.73. The zero-order valence-electron chi connectivity index (χ0n) is 7.72. The molecule has 0 fully saturated rings. The molecule has 3 heteroatoms. The first-order valence-corrected chi connectivity index (χ1v) is 6.04. The number of halogens is 2. The maximum absolute atomic E-state index is 4.44. The average Bonchev–Trinajstić information content (AvgIpc) is 2.23. The highest BCUT2D eigenvalue weighted by Gasteiger charge is 2.06. The van der Waals surface area contributed by atoms with Gasteiger partial charge in [0.2, 0.25) is 0 Å². The zero-order chi connectivity index (χ0) is 10.1. The minimum Gasteiger partial charge on any atom is -0.255 e. The van der Waals surface area contributed by atoms with E-state index in [9.17, 15) is 0 Å². The van der Waals surface area contributed by atoms with Gasteiger partial charge in [-0.05, 0) is 43.8 Å². The van der Waals surface area contributed by atoms with Crippen LogP contribution in [0.5, 0.6) is 0 Å². The van der Waals surface area contributed by atoms with Gasteiger partial charge >= 0.3 is 0 Å². The fourth-order valence-corrected chi connectivity index (χ4v) is 2.25. The summed E-state index contributed by atoms with van der Waals surface area (Å²) in [4.78, 5) is 4.44. The van der Waals surface area contributed by atoms with Crippen molar-refractivity contribution in [3.8, 4) is 0 Å². The third-order valence-corrected chi connectivity index (χ3v) is 4.24. The quantitative estimate of drug-likeness (QED) is 0.764. The van der Waals surface area contributed by atoms with E-state index in [2.05, 4.69) is 62.0 Å². The first kappa shape index (κ1) is 10.1. The number of rotatable bonds is 1. The number of aryl methyl sites for hydroxylation is 1. The van der Waals surface area contributed by atoms with Gasteiger partial charge in [-0.25, -0.2) is 0 Å². The van der Waals surface area contributed by atoms with Crippen molar-refractivity contribution >= 4 is 42.8 Å². The van der Waals surface area contributed by atoms with Crippen LogP contribution in [0, 0.1) is 0 Å². The molecule has 0 aliphatic rings. The van der Waals surface area contributed by atoms with Crippen molar-refractivity contribution in [2.45, 2.75) is 13.3 Å². The Balaban J connectivity index is 2.86. The van der Waals surface area contributed by atoms with Gasteiger partial charge < -0.3 is 0 Å². The standard InChI is InChI=1S/C11H9Br2N/c1-2-7-4-3-5-8-10(13)9(12)6-14-11(7)8/h3-6H,2H2,1H3. The van der Waals surface area contributed by atoms with Crippen LogP contribution in [0.1, 0.15) is 12.5 Å². The third kappa shape index (κ3) is 1.59. The highest BCUT2D eigenvalue weighted by atomic mass is 79.9. The second-order valence-electron chi connectivity index (χ2n) is 3.09. The molecule has 1 heterocycles. The van der Waals surface area contributed by atoms with Gasteiger partial charge in [0.15, 0.2) is 0 Å². The van der Waals surface area contributed by atoms with Crippen molar-refractivity contribution in [3.05, 3.63) is 38.9 Å². The number of fused-ring (bicyclic) bond motifs is 1. The summed E-state index contributed by atoms with van der Waals surface area (Å²) < 4.78 is 2.08. The lowest BCUT2D eigenvalue weighted by Crippen LogP contribution is -1.88. The summed E-state index contributed by atoms with van der Waals surface area (Å²) in [5.41, 5.74) is 2.38. The van der Waals surface area contributed by atoms with E-state index in [4.69, 9.17) is 0 Å². The maximum atomic E-state index is 4.44. The summed E-state index contributed by atoms with van der Waals surface area (Å²) in [6.45, 7) is 2.15. The normalized spacial score (nSPS) is 10.8. The van der Waals surface area contributed by atoms with E-state index in [1.165, 1.54) is 10.9 Å². The number of pyridine rings is 1. The van der Waals surface area contributed by atoms with Crippen molar-refractivity contribution in [1.29, 1.82) is 0 Å². The van der Waals surface area contributed by atoms with Crippen molar-refractivity contribution in [2.75, 3.05) is 0 Å². The van der Waals surface area contributed by atoms with E-state index in [1.54, 1.807) is 0 Å². The van der Waals surface area contributed by atoms with E-state index in [0.29, 0.717) is 0 Å². The molecule has 0 saturated heterocycles. The first-order valence-electron chi connectivity index (χ1n) is 4.45. The van der Waals surface area contributed by atoms with E-state index in [1.807, 2.05) is 6.20 Å². The molecule has 1 aromatic carbocycles. The summed E-state index contributed by atoms with van der Waals surface area (Å²) >= 11 is 7.01. The van der Waals surface area contributed by atoms with Crippen molar-refractivity contribution in [1.82, 2.24) is 4.98 Å². The molecule has 0 amide bonds. The van der Waals surface area contributed by atoms with Gasteiger partial charge in [0.25, 0.3) is 0 Å². The molecule has 1 aromatic heterocycles. The number of aromatic nitrogens is 1. The van der Waals surface area contributed by atoms with Gasteiger partial charge in [-0.3, -0.25) is 4.98 Å². The zero-order valence-corrected chi connectivity index (χ0v) is 10.9. The molecule has 0 unspecified atom stereocenters. The topological polar surface area (TPSA) is 12.9 Å². The molecule has 2 aromatic rings. The Labute approximate surface area is 99.8 Å². The number of nitrogens with zero attached hydrogens (tertiary/aromatic N) is 1. The van der Waals surface area contributed by atoms with E-state index < -0.39 is 0 Å². The van der Waals surface area contributed by atoms with Gasteiger partial charge in [0.1, 0.15) is 0 Å². The first-order chi connectivity index (χ1) is 6.74. The monoisotopic (exact) mass is 313 g/mol. The summed E-state index contributed by atoms with van der Waals surface area (Å²) in [6.07, 6.45) is 2.85. The van der Waals surface area contributed by atoms with Gasteiger partial charge in [-0.15, -0.1) is 0 Å². The van der Waals surface area contributed by atoms with E-state index >= 15 is 0 Å². The number of para-hydroxylation sites is 1. The lowest BCUT2D eigenvalue weighted by molar-refractivity contribution is 1.14. The Kier molecular flexibility index (Phi) is 2.88. The number of benzene rings is 1. The van der Waals surface area contributed by atoms with Crippen LogP contribution in [0.3, 0.4) is 0 Å². The maximum Gasteiger partial charge on any atom is 0.0746 e. The fourth-order valence-electron chi connectivity index (χ4n) is 1.51. The molecule has 0 atom stereocenters. The predicted molar refractivity (Wildman–Crippen MR) is 66.5 cm³/mol. The van der Waals surface area contributed by atoms with E-state index in [0.717, 1.165) is 20.9 Å². The molecule has 0 radical (unpaired) electrons. The van der Waals surface area contributed by atoms with Crippen molar-refractivity contribution in [2.24, 2.45) is 0 Å². The van der Waals surface area contributed by atoms with Crippen LogP contribution in [0.25, 0.3) is 10.9 Å². The van der Waals surface area contributed by atoms with Crippen molar-refractivity contribution in [3.63, 3.8) is 0 Å². The van der Waals surface area contributed by atoms with Gasteiger partial charge in [0, 0.05) is 16.1 Å². The van der Waals surface area contributed by atoms with Crippen molar-refractivity contribution < 1.29 is 0 Å². The molecule has 72 valence electrons. The van der Waals surface area contributed by atoms with E-state index in [-0.39, 0.29) is 0 Å². The Morgan fingerprint density at radius 2 is 2.07 bits per heavy atom. The molecule has 14 heavy (non-hydrogen) atoms. The van der Waals surface area contributed by atoms with Crippen LogP contribution in [0.4, 0.5) is 0 Å². The molecule has 0 N–H and O–H groups in total. The molecular formula is C11H9Br2N. The third-order valence-electron chi connectivity index (χ3n) is 2.25. The highest BCUT2D eigenvalue weighted by Crippen LogP contribution is 2.31. The van der Waals surface area contributed by atoms with Gasteiger partial charge in [0.05, 0.1) is 9.99 Å². The van der Waals surface area contributed by atoms with Crippen LogP contribution in [0.15, 0.2) is 33.3 Å². The molecule has 0 saturated carbocycles. The molecule has 1 nitrogen and oxygen atoms in total. The molecule has 0 aliphatic heterocycles. The average molecular weight is 315 g/mol. The lowest BCUT2D eigenvalue weighted by atomic mass is 10.1. The minimum absolute atomic E-state index is 0.998. The highest BCUT2D eigenvalue weighted by molar-refractivity contribution is 9.13. The number of hydrogen-bond acceptors (Lipinski definition) is 1. The van der Waals surface area contributed by atoms with Crippen LogP contribution in [-0.4, -0.2) is 4.98 Å². The molecule has 0 spiro atoms. The SMILES string of the molecule is CCc1cccc2c(Br)c(Br)cnc12. The summed E-state index contributed by atoms with van der Waals surface area (Å²) in [7, 11) is 0. The van der Waals surface area contributed by atoms with Gasteiger partial charge in [-0.2, -0.15) is 0 Å². The molecule has 0 aliphatic carbocycles. The summed E-state index contributed by atoms with van der Waals surface area (Å²) in [5, 5.41) is 1.17. The fraction of sp³-hybridized carbons (Fsp3) is 0.182. The molecule has 2 rings (SSSR count). The lowest BCUT2D eigenvalue weighted by Gasteiger charge is -2.05. The summed E-state index contributed by atoms with van der Waals surface area (Å²) in [5.74, 6) is 0. The summed E-state index contributed by atoms with van der Waals surface area (Å²) in [6, 6.07) is 6.27. The Morgan fingerprint density at radius 3 is 2.79 bits per heavy atom. The largest absolute Gasteiger partial charge is 0.255 e. The Hall–Kier alpha value is -0.410. The van der Waals surface area contributed by atoms with Crippen LogP contribution < -0.4 is 0 Å². The van der Waals surface area contributed by atoms with Crippen LogP contribution in [-0.2, 0) is 6.42 Å². The number of hydrogen-bond donors (Lipinski definition) is 0. The second kappa shape index (κ2) is 3.99. The smallest absolute Gasteiger partial charge is 0.0746 e. The van der Waals surface area contributed by atoms with Crippen LogP contribution >= 0.6 is 31.9 Å². The van der Waals surface area contributed by atoms with Gasteiger partial charge in [-0.1, -0.05) is 25.1 Å². The minimum atomic E-state index is 0.998. The Bertz CT molecular complexity index is 480. The Morgan fingerprint density at radius 1 is 1.29 bits per heavy atom.